The monoisotopic (exact) mass is 421 g/mol. The number of nitrogens with zero attached hydrogens (tertiary/aromatic N) is 1. The number of benzene rings is 5. The first-order valence-electron chi connectivity index (χ1n) is 11.6. The molecule has 0 aliphatic heterocycles. The highest BCUT2D eigenvalue weighted by molar-refractivity contribution is 6.09. The molecule has 1 nitrogen and oxygen atoms in total. The smallest absolute Gasteiger partial charge is 0.0541 e. The summed E-state index contributed by atoms with van der Waals surface area (Å²) >= 11 is 0. The highest BCUT2D eigenvalue weighted by Gasteiger charge is 2.23. The summed E-state index contributed by atoms with van der Waals surface area (Å²) in [6.45, 7) is 2.23. The Bertz CT molecular complexity index is 1650. The molecule has 5 aromatic carbocycles. The van der Waals surface area contributed by atoms with Crippen LogP contribution in [0.5, 0.6) is 0 Å². The van der Waals surface area contributed by atoms with Crippen molar-refractivity contribution in [3.05, 3.63) is 126 Å². The van der Waals surface area contributed by atoms with Gasteiger partial charge in [-0.05, 0) is 76.6 Å². The summed E-state index contributed by atoms with van der Waals surface area (Å²) in [5.41, 5.74) is 13.4. The average Bonchev–Trinajstić information content (AvgIpc) is 3.41. The van der Waals surface area contributed by atoms with Gasteiger partial charge < -0.3 is 4.57 Å². The van der Waals surface area contributed by atoms with Gasteiger partial charge in [-0.15, -0.1) is 0 Å². The molecule has 0 saturated carbocycles. The Kier molecular flexibility index (Phi) is 3.89. The molecular formula is C32H23N. The fraction of sp³-hybridized carbons (Fsp3) is 0.0625. The summed E-state index contributed by atoms with van der Waals surface area (Å²) in [7, 11) is 0. The first kappa shape index (κ1) is 18.5. The van der Waals surface area contributed by atoms with Gasteiger partial charge >= 0.3 is 0 Å². The van der Waals surface area contributed by atoms with Gasteiger partial charge in [0, 0.05) is 16.5 Å². The minimum Gasteiger partial charge on any atom is -0.309 e. The summed E-state index contributed by atoms with van der Waals surface area (Å²) in [4.78, 5) is 0. The minimum absolute atomic E-state index is 1.01. The Hall–Kier alpha value is -4.10. The van der Waals surface area contributed by atoms with Gasteiger partial charge in [-0.2, -0.15) is 0 Å². The molecule has 0 fully saturated rings. The fourth-order valence-corrected chi connectivity index (χ4v) is 5.68. The van der Waals surface area contributed by atoms with Crippen molar-refractivity contribution in [2.75, 3.05) is 0 Å². The third-order valence-electron chi connectivity index (χ3n) is 7.23. The van der Waals surface area contributed by atoms with Crippen molar-refractivity contribution in [2.45, 2.75) is 13.3 Å². The molecule has 156 valence electrons. The van der Waals surface area contributed by atoms with Gasteiger partial charge in [-0.25, -0.2) is 0 Å². The molecule has 0 spiro atoms. The largest absolute Gasteiger partial charge is 0.309 e. The summed E-state index contributed by atoms with van der Waals surface area (Å²) in [6, 6.07) is 39.9. The summed E-state index contributed by atoms with van der Waals surface area (Å²) < 4.78 is 2.40. The number of fused-ring (bicyclic) bond motifs is 6. The zero-order chi connectivity index (χ0) is 21.9. The van der Waals surface area contributed by atoms with E-state index < -0.39 is 0 Å². The highest BCUT2D eigenvalue weighted by Crippen LogP contribution is 2.43. The SMILES string of the molecule is Cc1cccc2c1Cc1c(-c3cccc(-n4c5ccccc5c5ccccc54)c3)cccc1-2. The minimum atomic E-state index is 1.01. The second kappa shape index (κ2) is 6.95. The molecule has 1 aliphatic carbocycles. The number of hydrogen-bond donors (Lipinski definition) is 0. The van der Waals surface area contributed by atoms with Crippen LogP contribution in [0.3, 0.4) is 0 Å². The molecule has 1 heterocycles. The molecule has 1 aromatic heterocycles. The second-order valence-electron chi connectivity index (χ2n) is 9.03. The Balaban J connectivity index is 1.44. The third-order valence-corrected chi connectivity index (χ3v) is 7.23. The number of aryl methyl sites for hydroxylation is 1. The second-order valence-corrected chi connectivity index (χ2v) is 9.03. The van der Waals surface area contributed by atoms with Crippen LogP contribution in [0, 0.1) is 6.92 Å². The van der Waals surface area contributed by atoms with Crippen molar-refractivity contribution >= 4 is 21.8 Å². The Morgan fingerprint density at radius 3 is 1.91 bits per heavy atom. The van der Waals surface area contributed by atoms with Gasteiger partial charge in [0.05, 0.1) is 11.0 Å². The van der Waals surface area contributed by atoms with Crippen LogP contribution in [0.4, 0.5) is 0 Å². The molecule has 0 atom stereocenters. The lowest BCUT2D eigenvalue weighted by molar-refractivity contribution is 1.18. The van der Waals surface area contributed by atoms with Gasteiger partial charge in [-0.3, -0.25) is 0 Å². The van der Waals surface area contributed by atoms with Crippen LogP contribution in [-0.2, 0) is 6.42 Å². The van der Waals surface area contributed by atoms with E-state index in [1.54, 1.807) is 0 Å². The van der Waals surface area contributed by atoms with Crippen LogP contribution in [0.25, 0.3) is 49.7 Å². The molecule has 7 rings (SSSR count). The van der Waals surface area contributed by atoms with Crippen molar-refractivity contribution in [3.8, 4) is 27.9 Å². The van der Waals surface area contributed by atoms with E-state index in [2.05, 4.69) is 121 Å². The van der Waals surface area contributed by atoms with Gasteiger partial charge in [0.1, 0.15) is 0 Å². The van der Waals surface area contributed by atoms with Crippen molar-refractivity contribution in [2.24, 2.45) is 0 Å². The number of para-hydroxylation sites is 2. The van der Waals surface area contributed by atoms with Gasteiger partial charge in [0.25, 0.3) is 0 Å². The Morgan fingerprint density at radius 2 is 1.15 bits per heavy atom. The molecule has 33 heavy (non-hydrogen) atoms. The van der Waals surface area contributed by atoms with Gasteiger partial charge in [0.15, 0.2) is 0 Å². The van der Waals surface area contributed by atoms with Crippen molar-refractivity contribution in [1.29, 1.82) is 0 Å². The number of hydrogen-bond acceptors (Lipinski definition) is 0. The van der Waals surface area contributed by atoms with Gasteiger partial charge in [0.2, 0.25) is 0 Å². The molecule has 0 radical (unpaired) electrons. The zero-order valence-corrected chi connectivity index (χ0v) is 18.5. The molecule has 1 aliphatic rings. The predicted molar refractivity (Wildman–Crippen MR) is 139 cm³/mol. The van der Waals surface area contributed by atoms with E-state index in [0.717, 1.165) is 6.42 Å². The Labute approximate surface area is 193 Å². The standard InChI is InChI=1S/C32H23N/c1-21-9-6-15-25-26-16-8-14-24(30(26)20-29(21)25)22-10-7-11-23(19-22)33-31-17-4-2-12-27(31)28-13-3-5-18-32(28)33/h2-19H,20H2,1H3. The lowest BCUT2D eigenvalue weighted by Crippen LogP contribution is -1.95. The molecule has 0 N–H and O–H groups in total. The Morgan fingerprint density at radius 1 is 0.545 bits per heavy atom. The normalized spacial score (nSPS) is 12.3. The van der Waals surface area contributed by atoms with Crippen LogP contribution < -0.4 is 0 Å². The molecule has 6 aromatic rings. The number of aromatic nitrogens is 1. The number of rotatable bonds is 2. The molecular weight excluding hydrogens is 398 g/mol. The topological polar surface area (TPSA) is 4.93 Å². The van der Waals surface area contributed by atoms with Crippen molar-refractivity contribution in [1.82, 2.24) is 4.57 Å². The maximum absolute atomic E-state index is 2.40. The lowest BCUT2D eigenvalue weighted by Gasteiger charge is -2.13. The molecule has 0 amide bonds. The van der Waals surface area contributed by atoms with Crippen LogP contribution in [0.1, 0.15) is 16.7 Å². The van der Waals surface area contributed by atoms with Crippen LogP contribution in [-0.4, -0.2) is 4.57 Å². The van der Waals surface area contributed by atoms with Crippen LogP contribution >= 0.6 is 0 Å². The van der Waals surface area contributed by atoms with Crippen molar-refractivity contribution in [3.63, 3.8) is 0 Å². The van der Waals surface area contributed by atoms with Crippen molar-refractivity contribution < 1.29 is 0 Å². The van der Waals surface area contributed by atoms with E-state index in [0.29, 0.717) is 0 Å². The quantitative estimate of drug-likeness (QED) is 0.264. The van der Waals surface area contributed by atoms with E-state index >= 15 is 0 Å². The third kappa shape index (κ3) is 2.66. The molecule has 0 bridgehead atoms. The van der Waals surface area contributed by atoms with E-state index in [1.807, 2.05) is 0 Å². The van der Waals surface area contributed by atoms with E-state index in [1.165, 1.54) is 66.4 Å². The van der Waals surface area contributed by atoms with Crippen LogP contribution in [0.15, 0.2) is 109 Å². The highest BCUT2D eigenvalue weighted by atomic mass is 15.0. The summed E-state index contributed by atoms with van der Waals surface area (Å²) in [5.74, 6) is 0. The maximum Gasteiger partial charge on any atom is 0.0541 e. The lowest BCUT2D eigenvalue weighted by atomic mass is 9.95. The molecule has 1 heteroatoms. The maximum atomic E-state index is 2.40. The average molecular weight is 422 g/mol. The van der Waals surface area contributed by atoms with E-state index in [-0.39, 0.29) is 0 Å². The first-order chi connectivity index (χ1) is 16.3. The van der Waals surface area contributed by atoms with E-state index in [4.69, 9.17) is 0 Å². The first-order valence-corrected chi connectivity index (χ1v) is 11.6. The fourth-order valence-electron chi connectivity index (χ4n) is 5.68. The van der Waals surface area contributed by atoms with Crippen LogP contribution in [0.2, 0.25) is 0 Å². The summed E-state index contributed by atoms with van der Waals surface area (Å²) in [6.07, 6.45) is 1.01. The molecule has 0 unspecified atom stereocenters. The molecule has 0 saturated heterocycles. The van der Waals surface area contributed by atoms with E-state index in [9.17, 15) is 0 Å². The summed E-state index contributed by atoms with van der Waals surface area (Å²) in [5, 5.41) is 2.59. The zero-order valence-electron chi connectivity index (χ0n) is 18.5. The predicted octanol–water partition coefficient (Wildman–Crippen LogP) is 8.33. The van der Waals surface area contributed by atoms with Gasteiger partial charge in [-0.1, -0.05) is 84.9 Å².